The largest absolute Gasteiger partial charge is 0.465 e. The second-order valence-electron chi connectivity index (χ2n) is 2.09. The highest BCUT2D eigenvalue weighted by Gasteiger charge is 2.13. The second kappa shape index (κ2) is 4.77. The van der Waals surface area contributed by atoms with Gasteiger partial charge in [-0.05, 0) is 6.92 Å². The van der Waals surface area contributed by atoms with Crippen LogP contribution in [0, 0.1) is 11.3 Å². The molecule has 0 unspecified atom stereocenters. The molecule has 0 aromatic rings. The van der Waals surface area contributed by atoms with E-state index < -0.39 is 12.0 Å². The van der Waals surface area contributed by atoms with Crippen LogP contribution in [-0.4, -0.2) is 19.1 Å². The van der Waals surface area contributed by atoms with E-state index in [4.69, 9.17) is 11.0 Å². The van der Waals surface area contributed by atoms with Gasteiger partial charge in [-0.25, -0.2) is 9.59 Å². The molecule has 2 amide bonds. The highest BCUT2D eigenvalue weighted by Crippen LogP contribution is 2.01. The summed E-state index contributed by atoms with van der Waals surface area (Å²) in [6.07, 6.45) is 0. The molecule has 0 bridgehead atoms. The Balaban J connectivity index is 4.82. The molecule has 0 spiro atoms. The molecule has 13 heavy (non-hydrogen) atoms. The Morgan fingerprint density at radius 3 is 2.38 bits per heavy atom. The molecule has 70 valence electrons. The van der Waals surface area contributed by atoms with Gasteiger partial charge in [0.05, 0.1) is 7.11 Å². The summed E-state index contributed by atoms with van der Waals surface area (Å²) in [7, 11) is 1.14. The molecule has 6 nitrogen and oxygen atoms in total. The molecule has 3 N–H and O–H groups in total. The van der Waals surface area contributed by atoms with Crippen molar-refractivity contribution in [3.8, 4) is 6.07 Å². The van der Waals surface area contributed by atoms with Crippen LogP contribution in [0.5, 0.6) is 0 Å². The van der Waals surface area contributed by atoms with E-state index in [2.05, 4.69) is 10.1 Å². The van der Waals surface area contributed by atoms with Gasteiger partial charge in [-0.15, -0.1) is 0 Å². The van der Waals surface area contributed by atoms with E-state index in [1.807, 2.05) is 0 Å². The number of ether oxygens (including phenoxy) is 1. The standard InChI is InChI=1S/C7H9N3O3/c1-4(10-7(9)12)5(3-8)6(11)13-2/h1-2H3,(H3,9,10,12)/b5-4+. The summed E-state index contributed by atoms with van der Waals surface area (Å²) in [5.41, 5.74) is 4.58. The van der Waals surface area contributed by atoms with Gasteiger partial charge in [0, 0.05) is 5.70 Å². The summed E-state index contributed by atoms with van der Waals surface area (Å²) in [4.78, 5) is 21.2. The third-order valence-corrected chi connectivity index (χ3v) is 1.19. The lowest BCUT2D eigenvalue weighted by Gasteiger charge is -2.03. The molecule has 0 saturated heterocycles. The van der Waals surface area contributed by atoms with Gasteiger partial charge in [-0.3, -0.25) is 0 Å². The van der Waals surface area contributed by atoms with Crippen LogP contribution in [0.2, 0.25) is 0 Å². The minimum absolute atomic E-state index is 0.0712. The van der Waals surface area contributed by atoms with E-state index in [9.17, 15) is 9.59 Å². The lowest BCUT2D eigenvalue weighted by molar-refractivity contribution is -0.135. The molecular formula is C7H9N3O3. The average molecular weight is 183 g/mol. The monoisotopic (exact) mass is 183 g/mol. The topological polar surface area (TPSA) is 105 Å². The summed E-state index contributed by atoms with van der Waals surface area (Å²) in [5, 5.41) is 10.6. The van der Waals surface area contributed by atoms with Crippen LogP contribution in [0.1, 0.15) is 6.92 Å². The summed E-state index contributed by atoms with van der Waals surface area (Å²) in [6.45, 7) is 1.38. The number of nitrogens with two attached hydrogens (primary N) is 1. The Labute approximate surface area is 75.0 Å². The van der Waals surface area contributed by atoms with Crippen LogP contribution < -0.4 is 11.1 Å². The maximum absolute atomic E-state index is 10.9. The van der Waals surface area contributed by atoms with Gasteiger partial charge in [0.25, 0.3) is 0 Å². The Kier molecular flexibility index (Phi) is 4.02. The lowest BCUT2D eigenvalue weighted by atomic mass is 10.2. The van der Waals surface area contributed by atoms with Gasteiger partial charge >= 0.3 is 12.0 Å². The molecule has 6 heteroatoms. The zero-order chi connectivity index (χ0) is 10.4. The minimum atomic E-state index is -0.839. The van der Waals surface area contributed by atoms with E-state index in [0.717, 1.165) is 7.11 Å². The molecule has 0 rings (SSSR count). The predicted octanol–water partition coefficient (Wildman–Crippen LogP) is -0.375. The van der Waals surface area contributed by atoms with Crippen molar-refractivity contribution in [2.45, 2.75) is 6.92 Å². The number of allylic oxidation sites excluding steroid dienone is 1. The van der Waals surface area contributed by atoms with Crippen molar-refractivity contribution in [2.75, 3.05) is 7.11 Å². The number of nitriles is 1. The SMILES string of the molecule is COC(=O)/C(C#N)=C(\C)NC(N)=O. The van der Waals surface area contributed by atoms with Crippen molar-refractivity contribution in [3.05, 3.63) is 11.3 Å². The molecular weight excluding hydrogens is 174 g/mol. The van der Waals surface area contributed by atoms with Gasteiger partial charge < -0.3 is 15.8 Å². The van der Waals surface area contributed by atoms with Gasteiger partial charge in [0.2, 0.25) is 0 Å². The maximum Gasteiger partial charge on any atom is 0.350 e. The van der Waals surface area contributed by atoms with Gasteiger partial charge in [-0.2, -0.15) is 5.26 Å². The smallest absolute Gasteiger partial charge is 0.350 e. The molecule has 0 aliphatic carbocycles. The number of nitrogens with one attached hydrogen (secondary N) is 1. The van der Waals surface area contributed by atoms with Crippen LogP contribution in [0.3, 0.4) is 0 Å². The first-order valence-corrected chi connectivity index (χ1v) is 3.28. The fraction of sp³-hybridized carbons (Fsp3) is 0.286. The van der Waals surface area contributed by atoms with Crippen LogP contribution in [-0.2, 0) is 9.53 Å². The van der Waals surface area contributed by atoms with E-state index in [1.165, 1.54) is 6.92 Å². The Morgan fingerprint density at radius 2 is 2.08 bits per heavy atom. The van der Waals surface area contributed by atoms with E-state index in [0.29, 0.717) is 0 Å². The number of primary amides is 1. The fourth-order valence-electron chi connectivity index (χ4n) is 0.632. The van der Waals surface area contributed by atoms with Gasteiger partial charge in [0.1, 0.15) is 6.07 Å². The molecule has 0 saturated carbocycles. The first-order chi connectivity index (χ1) is 6.02. The van der Waals surface area contributed by atoms with Crippen LogP contribution >= 0.6 is 0 Å². The number of amides is 2. The van der Waals surface area contributed by atoms with Crippen molar-refractivity contribution >= 4 is 12.0 Å². The van der Waals surface area contributed by atoms with Crippen LogP contribution in [0.15, 0.2) is 11.3 Å². The third-order valence-electron chi connectivity index (χ3n) is 1.19. The number of carbonyl (C=O) groups excluding carboxylic acids is 2. The fourth-order valence-corrected chi connectivity index (χ4v) is 0.632. The zero-order valence-corrected chi connectivity index (χ0v) is 7.25. The van der Waals surface area contributed by atoms with Crippen molar-refractivity contribution in [1.82, 2.24) is 5.32 Å². The number of methoxy groups -OCH3 is 1. The summed E-state index contributed by atoms with van der Waals surface area (Å²) in [6, 6.07) is 0.754. The molecule has 0 fully saturated rings. The highest BCUT2D eigenvalue weighted by atomic mass is 16.5. The molecule has 0 aliphatic rings. The minimum Gasteiger partial charge on any atom is -0.465 e. The molecule has 0 heterocycles. The van der Waals surface area contributed by atoms with Crippen molar-refractivity contribution in [1.29, 1.82) is 5.26 Å². The number of nitrogens with zero attached hydrogens (tertiary/aromatic N) is 1. The van der Waals surface area contributed by atoms with Crippen LogP contribution in [0.25, 0.3) is 0 Å². The Hall–Kier alpha value is -2.03. The molecule has 0 atom stereocenters. The molecule has 0 radical (unpaired) electrons. The van der Waals surface area contributed by atoms with E-state index in [1.54, 1.807) is 6.07 Å². The number of esters is 1. The van der Waals surface area contributed by atoms with Gasteiger partial charge in [-0.1, -0.05) is 0 Å². The first-order valence-electron chi connectivity index (χ1n) is 3.28. The van der Waals surface area contributed by atoms with Crippen molar-refractivity contribution in [3.63, 3.8) is 0 Å². The Bertz CT molecular complexity index is 301. The van der Waals surface area contributed by atoms with E-state index in [-0.39, 0.29) is 11.3 Å². The summed E-state index contributed by atoms with van der Waals surface area (Å²) in [5.74, 6) is -0.811. The molecule has 0 aliphatic heterocycles. The first kappa shape index (κ1) is 11.0. The number of hydrogen-bond donors (Lipinski definition) is 2. The number of rotatable bonds is 2. The Morgan fingerprint density at radius 1 is 1.54 bits per heavy atom. The highest BCUT2D eigenvalue weighted by molar-refractivity contribution is 5.94. The second-order valence-corrected chi connectivity index (χ2v) is 2.09. The van der Waals surface area contributed by atoms with E-state index >= 15 is 0 Å². The number of urea groups is 1. The third kappa shape index (κ3) is 3.25. The normalized spacial score (nSPS) is 10.8. The average Bonchev–Trinajstić information content (AvgIpc) is 2.03. The van der Waals surface area contributed by atoms with Crippen molar-refractivity contribution < 1.29 is 14.3 Å². The summed E-state index contributed by atoms with van der Waals surface area (Å²) >= 11 is 0. The van der Waals surface area contributed by atoms with Crippen molar-refractivity contribution in [2.24, 2.45) is 5.73 Å². The number of carbonyl (C=O) groups is 2. The zero-order valence-electron chi connectivity index (χ0n) is 7.25. The summed E-state index contributed by atoms with van der Waals surface area (Å²) < 4.78 is 4.29. The van der Waals surface area contributed by atoms with Crippen LogP contribution in [0.4, 0.5) is 4.79 Å². The maximum atomic E-state index is 10.9. The molecule has 0 aromatic heterocycles. The quantitative estimate of drug-likeness (QED) is 0.346. The lowest BCUT2D eigenvalue weighted by Crippen LogP contribution is -2.29. The number of hydrogen-bond acceptors (Lipinski definition) is 4. The van der Waals surface area contributed by atoms with Gasteiger partial charge in [0.15, 0.2) is 5.57 Å². The molecule has 0 aromatic carbocycles. The predicted molar refractivity (Wildman–Crippen MR) is 43.0 cm³/mol.